The molecule has 0 radical (unpaired) electrons. The third kappa shape index (κ3) is 5.12. The van der Waals surface area contributed by atoms with E-state index >= 15 is 0 Å². The molecular weight excluding hydrogens is 399 g/mol. The summed E-state index contributed by atoms with van der Waals surface area (Å²) in [6, 6.07) is 10.2. The minimum atomic E-state index is -3.67. The lowest BCUT2D eigenvalue weighted by Gasteiger charge is -2.09. The number of anilines is 1. The number of nitrogens with one attached hydrogen (secondary N) is 2. The van der Waals surface area contributed by atoms with Crippen LogP contribution in [0.3, 0.4) is 0 Å². The number of rotatable bonds is 6. The first-order valence-corrected chi connectivity index (χ1v) is 9.37. The average Bonchev–Trinajstić information content (AvgIpc) is 2.51. The Labute approximate surface area is 148 Å². The Balaban J connectivity index is 1.90. The summed E-state index contributed by atoms with van der Waals surface area (Å²) in [4.78, 5) is 12.0. The van der Waals surface area contributed by atoms with Crippen LogP contribution in [-0.4, -0.2) is 20.9 Å². The molecule has 0 saturated heterocycles. The van der Waals surface area contributed by atoms with Crippen LogP contribution in [0.1, 0.15) is 12.0 Å². The Morgan fingerprint density at radius 2 is 1.83 bits per heavy atom. The lowest BCUT2D eigenvalue weighted by atomic mass is 10.2. The van der Waals surface area contributed by atoms with Crippen molar-refractivity contribution in [2.45, 2.75) is 18.2 Å². The average molecular weight is 415 g/mol. The molecule has 0 saturated carbocycles. The molecule has 2 aromatic carbocycles. The van der Waals surface area contributed by atoms with Gasteiger partial charge in [0.05, 0.1) is 4.90 Å². The predicted octanol–water partition coefficient (Wildman–Crippen LogP) is 3.20. The van der Waals surface area contributed by atoms with Crippen LogP contribution in [0, 0.1) is 12.7 Å². The lowest BCUT2D eigenvalue weighted by Crippen LogP contribution is -2.28. The summed E-state index contributed by atoms with van der Waals surface area (Å²) >= 11 is 3.23. The summed E-state index contributed by atoms with van der Waals surface area (Å²) in [6.45, 7) is 1.68. The van der Waals surface area contributed by atoms with E-state index in [4.69, 9.17) is 0 Å². The highest BCUT2D eigenvalue weighted by atomic mass is 79.9. The number of hydrogen-bond donors (Lipinski definition) is 2. The van der Waals surface area contributed by atoms with Crippen LogP contribution >= 0.6 is 15.9 Å². The van der Waals surface area contributed by atoms with E-state index in [0.717, 1.165) is 10.0 Å². The molecule has 5 nitrogen and oxygen atoms in total. The van der Waals surface area contributed by atoms with Crippen LogP contribution in [0.4, 0.5) is 10.1 Å². The predicted molar refractivity (Wildman–Crippen MR) is 93.7 cm³/mol. The molecule has 2 aromatic rings. The fraction of sp³-hybridized carbons (Fsp3) is 0.188. The van der Waals surface area contributed by atoms with Crippen molar-refractivity contribution in [3.8, 4) is 0 Å². The maximum Gasteiger partial charge on any atom is 0.240 e. The summed E-state index contributed by atoms with van der Waals surface area (Å²) < 4.78 is 40.5. The zero-order chi connectivity index (χ0) is 17.7. The molecular formula is C16H16BrFN2O3S. The van der Waals surface area contributed by atoms with Gasteiger partial charge in [0.15, 0.2) is 0 Å². The van der Waals surface area contributed by atoms with Crippen LogP contribution in [0.25, 0.3) is 0 Å². The second kappa shape index (κ2) is 7.87. The van der Waals surface area contributed by atoms with Crippen molar-refractivity contribution < 1.29 is 17.6 Å². The van der Waals surface area contributed by atoms with Gasteiger partial charge in [0, 0.05) is 23.1 Å². The standard InChI is InChI=1S/C16H16BrFN2O3S/c1-11-2-5-13(18)10-15(11)20-16(21)8-9-19-24(22,23)14-6-3-12(17)4-7-14/h2-7,10,19H,8-9H2,1H3,(H,20,21). The smallest absolute Gasteiger partial charge is 0.240 e. The Hall–Kier alpha value is -1.77. The maximum absolute atomic E-state index is 13.2. The molecule has 0 fully saturated rings. The van der Waals surface area contributed by atoms with E-state index in [0.29, 0.717) is 5.69 Å². The van der Waals surface area contributed by atoms with Gasteiger partial charge in [0.25, 0.3) is 0 Å². The van der Waals surface area contributed by atoms with Crippen LogP contribution < -0.4 is 10.0 Å². The fourth-order valence-corrected chi connectivity index (χ4v) is 3.23. The number of aryl methyl sites for hydroxylation is 1. The molecule has 2 N–H and O–H groups in total. The first-order valence-electron chi connectivity index (χ1n) is 7.09. The number of carbonyl (C=O) groups excluding carboxylic acids is 1. The fourth-order valence-electron chi connectivity index (χ4n) is 1.94. The summed E-state index contributed by atoms with van der Waals surface area (Å²) in [7, 11) is -3.67. The van der Waals surface area contributed by atoms with E-state index in [2.05, 4.69) is 26.0 Å². The van der Waals surface area contributed by atoms with Crippen LogP contribution in [0.15, 0.2) is 51.8 Å². The Bertz CT molecular complexity index is 839. The Morgan fingerprint density at radius 1 is 1.17 bits per heavy atom. The van der Waals surface area contributed by atoms with Gasteiger partial charge in [0.2, 0.25) is 15.9 Å². The van der Waals surface area contributed by atoms with Gasteiger partial charge in [-0.25, -0.2) is 17.5 Å². The molecule has 1 amide bonds. The Kier molecular flexibility index (Phi) is 6.09. The first-order chi connectivity index (χ1) is 11.3. The Morgan fingerprint density at radius 3 is 2.50 bits per heavy atom. The van der Waals surface area contributed by atoms with Gasteiger partial charge < -0.3 is 5.32 Å². The normalized spacial score (nSPS) is 11.3. The second-order valence-electron chi connectivity index (χ2n) is 5.11. The van der Waals surface area contributed by atoms with E-state index in [-0.39, 0.29) is 17.9 Å². The summed E-state index contributed by atoms with van der Waals surface area (Å²) in [6.07, 6.45) is -0.0638. The SMILES string of the molecule is Cc1ccc(F)cc1NC(=O)CCNS(=O)(=O)c1ccc(Br)cc1. The van der Waals surface area contributed by atoms with Gasteiger partial charge in [-0.1, -0.05) is 22.0 Å². The van der Waals surface area contributed by atoms with Crippen molar-refractivity contribution in [3.05, 3.63) is 58.3 Å². The molecule has 0 bridgehead atoms. The van der Waals surface area contributed by atoms with E-state index in [9.17, 15) is 17.6 Å². The highest BCUT2D eigenvalue weighted by molar-refractivity contribution is 9.10. The molecule has 2 rings (SSSR count). The molecule has 0 aromatic heterocycles. The first kappa shape index (κ1) is 18.6. The zero-order valence-corrected chi connectivity index (χ0v) is 15.2. The molecule has 128 valence electrons. The minimum absolute atomic E-state index is 0.0570. The van der Waals surface area contributed by atoms with Crippen molar-refractivity contribution in [1.82, 2.24) is 4.72 Å². The van der Waals surface area contributed by atoms with E-state index in [1.54, 1.807) is 25.1 Å². The van der Waals surface area contributed by atoms with Gasteiger partial charge in [-0.3, -0.25) is 4.79 Å². The number of hydrogen-bond acceptors (Lipinski definition) is 3. The van der Waals surface area contributed by atoms with Gasteiger partial charge in [-0.2, -0.15) is 0 Å². The molecule has 8 heteroatoms. The zero-order valence-electron chi connectivity index (χ0n) is 12.8. The van der Waals surface area contributed by atoms with Crippen molar-refractivity contribution in [1.29, 1.82) is 0 Å². The quantitative estimate of drug-likeness (QED) is 0.761. The topological polar surface area (TPSA) is 75.3 Å². The van der Waals surface area contributed by atoms with Gasteiger partial charge in [-0.15, -0.1) is 0 Å². The number of amides is 1. The third-order valence-electron chi connectivity index (χ3n) is 3.24. The van der Waals surface area contributed by atoms with Crippen molar-refractivity contribution >= 4 is 37.5 Å². The number of sulfonamides is 1. The second-order valence-corrected chi connectivity index (χ2v) is 7.79. The van der Waals surface area contributed by atoms with Crippen molar-refractivity contribution in [2.75, 3.05) is 11.9 Å². The summed E-state index contributed by atoms with van der Waals surface area (Å²) in [5.41, 5.74) is 1.09. The minimum Gasteiger partial charge on any atom is -0.326 e. The number of halogens is 2. The van der Waals surface area contributed by atoms with Gasteiger partial charge in [-0.05, 0) is 48.9 Å². The number of carbonyl (C=O) groups is 1. The van der Waals surface area contributed by atoms with E-state index in [1.807, 2.05) is 0 Å². The van der Waals surface area contributed by atoms with Crippen LogP contribution in [0.2, 0.25) is 0 Å². The van der Waals surface area contributed by atoms with Gasteiger partial charge in [0.1, 0.15) is 5.82 Å². The highest BCUT2D eigenvalue weighted by Crippen LogP contribution is 2.16. The maximum atomic E-state index is 13.2. The summed E-state index contributed by atoms with van der Waals surface area (Å²) in [5.74, 6) is -0.853. The van der Waals surface area contributed by atoms with Crippen molar-refractivity contribution in [2.24, 2.45) is 0 Å². The lowest BCUT2D eigenvalue weighted by molar-refractivity contribution is -0.116. The van der Waals surface area contributed by atoms with Crippen molar-refractivity contribution in [3.63, 3.8) is 0 Å². The molecule has 0 aliphatic heterocycles. The molecule has 0 atom stereocenters. The number of benzene rings is 2. The monoisotopic (exact) mass is 414 g/mol. The van der Waals surface area contributed by atoms with E-state index in [1.165, 1.54) is 24.3 Å². The largest absolute Gasteiger partial charge is 0.326 e. The molecule has 0 aliphatic rings. The highest BCUT2D eigenvalue weighted by Gasteiger charge is 2.14. The van der Waals surface area contributed by atoms with Crippen LogP contribution in [-0.2, 0) is 14.8 Å². The third-order valence-corrected chi connectivity index (χ3v) is 5.25. The molecule has 0 spiro atoms. The van der Waals surface area contributed by atoms with E-state index < -0.39 is 21.7 Å². The van der Waals surface area contributed by atoms with Gasteiger partial charge >= 0.3 is 0 Å². The van der Waals surface area contributed by atoms with Crippen LogP contribution in [0.5, 0.6) is 0 Å². The summed E-state index contributed by atoms with van der Waals surface area (Å²) in [5, 5.41) is 2.56. The molecule has 24 heavy (non-hydrogen) atoms. The molecule has 0 heterocycles. The molecule has 0 unspecified atom stereocenters. The molecule has 0 aliphatic carbocycles.